The van der Waals surface area contributed by atoms with Crippen molar-refractivity contribution >= 4 is 5.91 Å². The molecule has 4 nitrogen and oxygen atoms in total. The van der Waals surface area contributed by atoms with Gasteiger partial charge in [-0.15, -0.1) is 0 Å². The second-order valence-corrected chi connectivity index (χ2v) is 2.71. The maximum atomic E-state index is 10.8. The number of aliphatic hydroxyl groups is 1. The van der Waals surface area contributed by atoms with E-state index in [9.17, 15) is 9.90 Å². The molecule has 0 bridgehead atoms. The van der Waals surface area contributed by atoms with Crippen molar-refractivity contribution in [3.8, 4) is 0 Å². The number of hydrogen-bond acceptors (Lipinski definition) is 3. The lowest BCUT2D eigenvalue weighted by Crippen LogP contribution is -2.40. The molecular formula is C9H12N2O2. The first-order chi connectivity index (χ1) is 6.24. The summed E-state index contributed by atoms with van der Waals surface area (Å²) in [6.07, 6.45) is -0.795. The molecule has 0 unspecified atom stereocenters. The van der Waals surface area contributed by atoms with Crippen LogP contribution < -0.4 is 11.3 Å². The zero-order chi connectivity index (χ0) is 9.68. The first-order valence-electron chi connectivity index (χ1n) is 3.96. The number of hydrazine groups is 1. The van der Waals surface area contributed by atoms with Gasteiger partial charge in [0.05, 0.1) is 0 Å². The molecule has 4 N–H and O–H groups in total. The molecule has 0 heterocycles. The van der Waals surface area contributed by atoms with Gasteiger partial charge in [0.2, 0.25) is 0 Å². The van der Waals surface area contributed by atoms with E-state index in [2.05, 4.69) is 0 Å². The predicted octanol–water partition coefficient (Wildman–Crippen LogP) is -0.420. The number of nitrogens with two attached hydrogens (primary N) is 1. The van der Waals surface area contributed by atoms with Crippen LogP contribution in [0.15, 0.2) is 30.3 Å². The molecule has 70 valence electrons. The van der Waals surface area contributed by atoms with Gasteiger partial charge in [-0.2, -0.15) is 0 Å². The van der Waals surface area contributed by atoms with Crippen molar-refractivity contribution in [1.29, 1.82) is 0 Å². The third kappa shape index (κ3) is 2.85. The Morgan fingerprint density at radius 2 is 2.08 bits per heavy atom. The summed E-state index contributed by atoms with van der Waals surface area (Å²) in [5, 5.41) is 9.28. The van der Waals surface area contributed by atoms with E-state index in [1.165, 1.54) is 0 Å². The first kappa shape index (κ1) is 9.70. The third-order valence-corrected chi connectivity index (χ3v) is 1.72. The summed E-state index contributed by atoms with van der Waals surface area (Å²) in [6, 6.07) is 9.25. The van der Waals surface area contributed by atoms with Gasteiger partial charge in [-0.25, -0.2) is 5.84 Å². The normalized spacial score (nSPS) is 12.2. The van der Waals surface area contributed by atoms with Gasteiger partial charge in [0.15, 0.2) is 0 Å². The molecule has 0 spiro atoms. The van der Waals surface area contributed by atoms with Crippen LogP contribution in [0.1, 0.15) is 5.56 Å². The maximum Gasteiger partial charge on any atom is 0.263 e. The van der Waals surface area contributed by atoms with Gasteiger partial charge < -0.3 is 5.11 Å². The van der Waals surface area contributed by atoms with Gasteiger partial charge >= 0.3 is 0 Å². The van der Waals surface area contributed by atoms with Crippen molar-refractivity contribution < 1.29 is 9.90 Å². The molecule has 0 saturated heterocycles. The monoisotopic (exact) mass is 180 g/mol. The summed E-state index contributed by atoms with van der Waals surface area (Å²) in [7, 11) is 0. The Morgan fingerprint density at radius 3 is 2.62 bits per heavy atom. The maximum absolute atomic E-state index is 10.8. The SMILES string of the molecule is NNC(=O)[C@H](O)Cc1ccccc1. The fraction of sp³-hybridized carbons (Fsp3) is 0.222. The highest BCUT2D eigenvalue weighted by Gasteiger charge is 2.13. The molecule has 4 heteroatoms. The van der Waals surface area contributed by atoms with Gasteiger partial charge in [0.25, 0.3) is 5.91 Å². The van der Waals surface area contributed by atoms with E-state index in [-0.39, 0.29) is 6.42 Å². The summed E-state index contributed by atoms with van der Waals surface area (Å²) in [5.74, 6) is 4.30. The molecule has 0 fully saturated rings. The number of aliphatic hydroxyl groups excluding tert-OH is 1. The molecule has 0 radical (unpaired) electrons. The molecular weight excluding hydrogens is 168 g/mol. The number of amides is 1. The Kier molecular flexibility index (Phi) is 3.42. The van der Waals surface area contributed by atoms with Gasteiger partial charge in [-0.1, -0.05) is 30.3 Å². The molecule has 1 amide bonds. The molecule has 0 aliphatic heterocycles. The van der Waals surface area contributed by atoms with Crippen LogP contribution in [0.25, 0.3) is 0 Å². The van der Waals surface area contributed by atoms with Crippen molar-refractivity contribution in [2.24, 2.45) is 5.84 Å². The van der Waals surface area contributed by atoms with E-state index >= 15 is 0 Å². The first-order valence-corrected chi connectivity index (χ1v) is 3.96. The number of benzene rings is 1. The quantitative estimate of drug-likeness (QED) is 0.336. The Balaban J connectivity index is 2.55. The largest absolute Gasteiger partial charge is 0.383 e. The Bertz CT molecular complexity index is 274. The lowest BCUT2D eigenvalue weighted by molar-refractivity contribution is -0.129. The molecule has 0 aliphatic rings. The highest BCUT2D eigenvalue weighted by Crippen LogP contribution is 2.02. The predicted molar refractivity (Wildman–Crippen MR) is 48.5 cm³/mol. The van der Waals surface area contributed by atoms with Crippen LogP contribution in [0.5, 0.6) is 0 Å². The summed E-state index contributed by atoms with van der Waals surface area (Å²) in [6.45, 7) is 0. The summed E-state index contributed by atoms with van der Waals surface area (Å²) in [5.41, 5.74) is 2.80. The van der Waals surface area contributed by atoms with E-state index in [0.29, 0.717) is 0 Å². The van der Waals surface area contributed by atoms with Crippen molar-refractivity contribution in [1.82, 2.24) is 5.43 Å². The third-order valence-electron chi connectivity index (χ3n) is 1.72. The average Bonchev–Trinajstić information content (AvgIpc) is 2.18. The molecule has 1 atom stereocenters. The zero-order valence-electron chi connectivity index (χ0n) is 7.10. The molecule has 0 aromatic heterocycles. The van der Waals surface area contributed by atoms with Crippen molar-refractivity contribution in [3.05, 3.63) is 35.9 Å². The topological polar surface area (TPSA) is 75.3 Å². The van der Waals surface area contributed by atoms with Crippen LogP contribution in [-0.2, 0) is 11.2 Å². The fourth-order valence-electron chi connectivity index (χ4n) is 1.03. The smallest absolute Gasteiger partial charge is 0.263 e. The number of carbonyl (C=O) groups is 1. The van der Waals surface area contributed by atoms with E-state index < -0.39 is 12.0 Å². The number of nitrogens with one attached hydrogen (secondary N) is 1. The van der Waals surface area contributed by atoms with E-state index in [0.717, 1.165) is 5.56 Å². The van der Waals surface area contributed by atoms with Crippen LogP contribution >= 0.6 is 0 Å². The highest BCUT2D eigenvalue weighted by atomic mass is 16.3. The molecule has 0 aliphatic carbocycles. The molecule has 0 saturated carbocycles. The molecule has 1 aromatic carbocycles. The minimum Gasteiger partial charge on any atom is -0.383 e. The lowest BCUT2D eigenvalue weighted by atomic mass is 10.1. The van der Waals surface area contributed by atoms with E-state index in [1.807, 2.05) is 35.8 Å². The standard InChI is InChI=1S/C9H12N2O2/c10-11-9(13)8(12)6-7-4-2-1-3-5-7/h1-5,8,12H,6,10H2,(H,11,13)/t8-/m1/s1. The Hall–Kier alpha value is -1.39. The van der Waals surface area contributed by atoms with Crippen LogP contribution in [0.4, 0.5) is 0 Å². The van der Waals surface area contributed by atoms with Gasteiger partial charge in [-0.3, -0.25) is 10.2 Å². The van der Waals surface area contributed by atoms with Crippen molar-refractivity contribution in [2.45, 2.75) is 12.5 Å². The Morgan fingerprint density at radius 1 is 1.46 bits per heavy atom. The van der Waals surface area contributed by atoms with E-state index in [4.69, 9.17) is 5.84 Å². The van der Waals surface area contributed by atoms with Crippen molar-refractivity contribution in [3.63, 3.8) is 0 Å². The van der Waals surface area contributed by atoms with Gasteiger partial charge in [0, 0.05) is 6.42 Å². The number of carbonyl (C=O) groups excluding carboxylic acids is 1. The fourth-order valence-corrected chi connectivity index (χ4v) is 1.03. The van der Waals surface area contributed by atoms with Crippen LogP contribution in [-0.4, -0.2) is 17.1 Å². The summed E-state index contributed by atoms with van der Waals surface area (Å²) < 4.78 is 0. The minimum absolute atomic E-state index is 0.282. The summed E-state index contributed by atoms with van der Waals surface area (Å²) in [4.78, 5) is 10.8. The van der Waals surface area contributed by atoms with Crippen molar-refractivity contribution in [2.75, 3.05) is 0 Å². The molecule has 13 heavy (non-hydrogen) atoms. The van der Waals surface area contributed by atoms with Crippen LogP contribution in [0.3, 0.4) is 0 Å². The average molecular weight is 180 g/mol. The highest BCUT2D eigenvalue weighted by molar-refractivity contribution is 5.80. The number of rotatable bonds is 3. The molecule has 1 aromatic rings. The zero-order valence-corrected chi connectivity index (χ0v) is 7.10. The number of hydrogen-bond donors (Lipinski definition) is 3. The van der Waals surface area contributed by atoms with E-state index in [1.54, 1.807) is 0 Å². The second kappa shape index (κ2) is 4.59. The minimum atomic E-state index is -1.08. The van der Waals surface area contributed by atoms with Crippen LogP contribution in [0.2, 0.25) is 0 Å². The second-order valence-electron chi connectivity index (χ2n) is 2.71. The lowest BCUT2D eigenvalue weighted by Gasteiger charge is -2.07. The Labute approximate surface area is 76.3 Å². The summed E-state index contributed by atoms with van der Waals surface area (Å²) >= 11 is 0. The van der Waals surface area contributed by atoms with Gasteiger partial charge in [-0.05, 0) is 5.56 Å². The van der Waals surface area contributed by atoms with Gasteiger partial charge in [0.1, 0.15) is 6.10 Å². The van der Waals surface area contributed by atoms with Crippen LogP contribution in [0, 0.1) is 0 Å². The molecule has 1 rings (SSSR count).